The SMILES string of the molecule is O=C(O)Nc1cnc(C2=CCCC2)s1. The molecule has 1 amide bonds. The number of nitrogens with one attached hydrogen (secondary N) is 1. The lowest BCUT2D eigenvalue weighted by atomic mass is 10.2. The van der Waals surface area contributed by atoms with Crippen molar-refractivity contribution in [2.75, 3.05) is 5.32 Å². The van der Waals surface area contributed by atoms with Gasteiger partial charge in [0.1, 0.15) is 10.0 Å². The highest BCUT2D eigenvalue weighted by Gasteiger charge is 2.11. The number of allylic oxidation sites excluding steroid dienone is 2. The first-order valence-electron chi connectivity index (χ1n) is 4.41. The average molecular weight is 210 g/mol. The predicted molar refractivity (Wildman–Crippen MR) is 55.6 cm³/mol. The number of thiazole rings is 1. The number of hydrogen-bond donors (Lipinski definition) is 2. The van der Waals surface area contributed by atoms with E-state index in [9.17, 15) is 4.79 Å². The highest BCUT2D eigenvalue weighted by molar-refractivity contribution is 7.16. The maximum Gasteiger partial charge on any atom is 0.409 e. The fraction of sp³-hybridized carbons (Fsp3) is 0.333. The molecule has 1 aliphatic rings. The number of anilines is 1. The van der Waals surface area contributed by atoms with Crippen LogP contribution in [0.15, 0.2) is 12.3 Å². The van der Waals surface area contributed by atoms with Gasteiger partial charge in [-0.25, -0.2) is 9.78 Å². The van der Waals surface area contributed by atoms with Crippen molar-refractivity contribution in [3.63, 3.8) is 0 Å². The summed E-state index contributed by atoms with van der Waals surface area (Å²) in [5.41, 5.74) is 1.24. The zero-order chi connectivity index (χ0) is 9.97. The number of carboxylic acid groups (broad SMARTS) is 1. The molecular weight excluding hydrogens is 200 g/mol. The molecule has 0 unspecified atom stereocenters. The number of carbonyl (C=O) groups is 1. The van der Waals surface area contributed by atoms with Crippen LogP contribution in [0.4, 0.5) is 9.80 Å². The van der Waals surface area contributed by atoms with Gasteiger partial charge in [-0.1, -0.05) is 17.4 Å². The Morgan fingerprint density at radius 2 is 2.50 bits per heavy atom. The first-order valence-corrected chi connectivity index (χ1v) is 5.22. The smallest absolute Gasteiger partial charge is 0.409 e. The summed E-state index contributed by atoms with van der Waals surface area (Å²) in [5.74, 6) is 0. The summed E-state index contributed by atoms with van der Waals surface area (Å²) in [7, 11) is 0. The van der Waals surface area contributed by atoms with E-state index in [1.165, 1.54) is 23.3 Å². The molecule has 0 spiro atoms. The van der Waals surface area contributed by atoms with Gasteiger partial charge in [0.2, 0.25) is 0 Å². The van der Waals surface area contributed by atoms with E-state index in [2.05, 4.69) is 16.4 Å². The van der Waals surface area contributed by atoms with Crippen LogP contribution in [0.25, 0.3) is 5.57 Å². The van der Waals surface area contributed by atoms with Gasteiger partial charge in [0, 0.05) is 0 Å². The van der Waals surface area contributed by atoms with Gasteiger partial charge in [0.05, 0.1) is 6.20 Å². The minimum Gasteiger partial charge on any atom is -0.465 e. The monoisotopic (exact) mass is 210 g/mol. The number of hydrogen-bond acceptors (Lipinski definition) is 3. The van der Waals surface area contributed by atoms with E-state index < -0.39 is 6.09 Å². The zero-order valence-electron chi connectivity index (χ0n) is 7.49. The maximum atomic E-state index is 10.4. The van der Waals surface area contributed by atoms with Crippen LogP contribution in [-0.2, 0) is 0 Å². The van der Waals surface area contributed by atoms with Crippen molar-refractivity contribution in [1.82, 2.24) is 4.98 Å². The molecule has 1 aromatic rings. The Morgan fingerprint density at radius 1 is 1.64 bits per heavy atom. The minimum atomic E-state index is -1.04. The summed E-state index contributed by atoms with van der Waals surface area (Å²) in [5, 5.41) is 12.3. The Kier molecular flexibility index (Phi) is 2.49. The number of nitrogens with zero attached hydrogens (tertiary/aromatic N) is 1. The summed E-state index contributed by atoms with van der Waals surface area (Å²) in [6, 6.07) is 0. The van der Waals surface area contributed by atoms with Gasteiger partial charge in [-0.05, 0) is 24.8 Å². The van der Waals surface area contributed by atoms with E-state index in [1.807, 2.05) is 0 Å². The first kappa shape index (κ1) is 9.21. The second kappa shape index (κ2) is 3.79. The molecule has 0 aromatic carbocycles. The van der Waals surface area contributed by atoms with E-state index in [4.69, 9.17) is 5.11 Å². The fourth-order valence-electron chi connectivity index (χ4n) is 1.45. The first-order chi connectivity index (χ1) is 6.75. The molecule has 0 aliphatic heterocycles. The van der Waals surface area contributed by atoms with Crippen molar-refractivity contribution < 1.29 is 9.90 Å². The van der Waals surface area contributed by atoms with E-state index in [0.717, 1.165) is 17.8 Å². The van der Waals surface area contributed by atoms with E-state index in [-0.39, 0.29) is 0 Å². The molecule has 0 bridgehead atoms. The standard InChI is InChI=1S/C9H10N2O2S/c12-9(13)11-7-5-10-8(14-7)6-3-1-2-4-6/h3,5,11H,1-2,4H2,(H,12,13). The van der Waals surface area contributed by atoms with Gasteiger partial charge in [0.25, 0.3) is 0 Å². The predicted octanol–water partition coefficient (Wildman–Crippen LogP) is 2.80. The normalized spacial score (nSPS) is 15.3. The average Bonchev–Trinajstić information content (AvgIpc) is 2.69. The van der Waals surface area contributed by atoms with Crippen molar-refractivity contribution >= 4 is 28.0 Å². The summed E-state index contributed by atoms with van der Waals surface area (Å²) in [4.78, 5) is 14.5. The van der Waals surface area contributed by atoms with Crippen LogP contribution in [0.5, 0.6) is 0 Å². The van der Waals surface area contributed by atoms with Gasteiger partial charge in [-0.3, -0.25) is 5.32 Å². The topological polar surface area (TPSA) is 62.2 Å². The van der Waals surface area contributed by atoms with Crippen LogP contribution in [0.3, 0.4) is 0 Å². The van der Waals surface area contributed by atoms with Crippen LogP contribution in [-0.4, -0.2) is 16.2 Å². The van der Waals surface area contributed by atoms with E-state index in [0.29, 0.717) is 5.00 Å². The number of amides is 1. The third-order valence-electron chi connectivity index (χ3n) is 2.05. The van der Waals surface area contributed by atoms with Gasteiger partial charge in [-0.2, -0.15) is 0 Å². The van der Waals surface area contributed by atoms with Crippen LogP contribution in [0.1, 0.15) is 24.3 Å². The third kappa shape index (κ3) is 1.93. The molecule has 0 saturated heterocycles. The minimum absolute atomic E-state index is 0.584. The molecule has 2 N–H and O–H groups in total. The van der Waals surface area contributed by atoms with Gasteiger partial charge >= 0.3 is 6.09 Å². The Balaban J connectivity index is 2.13. The molecule has 0 atom stereocenters. The van der Waals surface area contributed by atoms with Crippen molar-refractivity contribution in [2.45, 2.75) is 19.3 Å². The van der Waals surface area contributed by atoms with Crippen molar-refractivity contribution in [2.24, 2.45) is 0 Å². The highest BCUT2D eigenvalue weighted by Crippen LogP contribution is 2.32. The second-order valence-electron chi connectivity index (χ2n) is 3.08. The summed E-state index contributed by atoms with van der Waals surface area (Å²) >= 11 is 1.39. The Hall–Kier alpha value is -1.36. The Labute approximate surface area is 85.3 Å². The Morgan fingerprint density at radius 3 is 3.14 bits per heavy atom. The molecular formula is C9H10N2O2S. The van der Waals surface area contributed by atoms with E-state index >= 15 is 0 Å². The molecule has 74 valence electrons. The molecule has 14 heavy (non-hydrogen) atoms. The largest absolute Gasteiger partial charge is 0.465 e. The highest BCUT2D eigenvalue weighted by atomic mass is 32.1. The van der Waals surface area contributed by atoms with Crippen LogP contribution >= 0.6 is 11.3 Å². The third-order valence-corrected chi connectivity index (χ3v) is 3.04. The lowest BCUT2D eigenvalue weighted by molar-refractivity contribution is 0.210. The molecule has 4 nitrogen and oxygen atoms in total. The quantitative estimate of drug-likeness (QED) is 0.789. The fourth-order valence-corrected chi connectivity index (χ4v) is 2.32. The second-order valence-corrected chi connectivity index (χ2v) is 4.11. The molecule has 1 aliphatic carbocycles. The summed E-state index contributed by atoms with van der Waals surface area (Å²) < 4.78 is 0. The molecule has 1 aromatic heterocycles. The summed E-state index contributed by atoms with van der Waals surface area (Å²) in [6.45, 7) is 0. The molecule has 5 heteroatoms. The van der Waals surface area contributed by atoms with Crippen LogP contribution in [0, 0.1) is 0 Å². The van der Waals surface area contributed by atoms with E-state index in [1.54, 1.807) is 6.20 Å². The lowest BCUT2D eigenvalue weighted by Gasteiger charge is -1.94. The maximum absolute atomic E-state index is 10.4. The summed E-state index contributed by atoms with van der Waals surface area (Å²) in [6.07, 6.45) is 6.03. The number of rotatable bonds is 2. The zero-order valence-corrected chi connectivity index (χ0v) is 8.30. The van der Waals surface area contributed by atoms with Crippen LogP contribution < -0.4 is 5.32 Å². The van der Waals surface area contributed by atoms with Crippen molar-refractivity contribution in [3.05, 3.63) is 17.3 Å². The van der Waals surface area contributed by atoms with Crippen molar-refractivity contribution in [3.8, 4) is 0 Å². The molecule has 0 fully saturated rings. The van der Waals surface area contributed by atoms with Crippen molar-refractivity contribution in [1.29, 1.82) is 0 Å². The van der Waals surface area contributed by atoms with Gasteiger partial charge in [0.15, 0.2) is 0 Å². The Bertz CT molecular complexity index is 384. The molecule has 0 radical (unpaired) electrons. The number of aromatic nitrogens is 1. The molecule has 2 rings (SSSR count). The molecule has 1 heterocycles. The molecule has 0 saturated carbocycles. The lowest BCUT2D eigenvalue weighted by Crippen LogP contribution is -2.05. The van der Waals surface area contributed by atoms with Crippen LogP contribution in [0.2, 0.25) is 0 Å². The van der Waals surface area contributed by atoms with Gasteiger partial charge < -0.3 is 5.11 Å². The van der Waals surface area contributed by atoms with Gasteiger partial charge in [-0.15, -0.1) is 0 Å².